The monoisotopic (exact) mass is 381 g/mol. The molecule has 0 bridgehead atoms. The number of carbonyl (C=O) groups excluding carboxylic acids is 1. The third-order valence-corrected chi connectivity index (χ3v) is 5.18. The molecule has 27 heavy (non-hydrogen) atoms. The highest BCUT2D eigenvalue weighted by atomic mass is 32.2. The van der Waals surface area contributed by atoms with Gasteiger partial charge in [0.2, 0.25) is 11.1 Å². The molecular formula is C19H19N5O2S. The van der Waals surface area contributed by atoms with Gasteiger partial charge in [0.1, 0.15) is 11.9 Å². The van der Waals surface area contributed by atoms with Crippen LogP contribution in [-0.2, 0) is 11.2 Å². The van der Waals surface area contributed by atoms with Crippen molar-refractivity contribution in [2.45, 2.75) is 24.6 Å². The highest BCUT2D eigenvalue weighted by Gasteiger charge is 2.22. The number of hydrogen-bond acceptors (Lipinski definition) is 6. The van der Waals surface area contributed by atoms with Crippen LogP contribution in [0.25, 0.3) is 5.69 Å². The fraction of sp³-hybridized carbons (Fsp3) is 0.263. The maximum atomic E-state index is 12.2. The van der Waals surface area contributed by atoms with Crippen LogP contribution in [0.4, 0.5) is 0 Å². The van der Waals surface area contributed by atoms with E-state index in [-0.39, 0.29) is 17.8 Å². The maximum Gasteiger partial charge on any atom is 0.230 e. The van der Waals surface area contributed by atoms with Gasteiger partial charge in [-0.1, -0.05) is 42.1 Å². The van der Waals surface area contributed by atoms with Crippen molar-refractivity contribution in [1.29, 1.82) is 0 Å². The summed E-state index contributed by atoms with van der Waals surface area (Å²) in [5, 5.41) is 15.3. The number of thioether (sulfide) groups is 1. The van der Waals surface area contributed by atoms with Crippen LogP contribution in [0.3, 0.4) is 0 Å². The molecule has 138 valence electrons. The van der Waals surface area contributed by atoms with E-state index in [2.05, 4.69) is 26.9 Å². The number of fused-ring (bicyclic) bond motifs is 1. The summed E-state index contributed by atoms with van der Waals surface area (Å²) in [7, 11) is 0. The maximum absolute atomic E-state index is 12.2. The number of carbonyl (C=O) groups is 1. The van der Waals surface area contributed by atoms with E-state index in [4.69, 9.17) is 4.74 Å². The average Bonchev–Trinajstić information content (AvgIpc) is 3.31. The van der Waals surface area contributed by atoms with Crippen molar-refractivity contribution in [1.82, 2.24) is 25.5 Å². The number of rotatable bonds is 6. The molecule has 0 spiro atoms. The van der Waals surface area contributed by atoms with Crippen LogP contribution in [0, 0.1) is 6.92 Å². The van der Waals surface area contributed by atoms with Gasteiger partial charge < -0.3 is 10.1 Å². The van der Waals surface area contributed by atoms with Gasteiger partial charge in [-0.05, 0) is 46.7 Å². The Morgan fingerprint density at radius 3 is 3.04 bits per heavy atom. The Morgan fingerprint density at radius 2 is 2.19 bits per heavy atom. The van der Waals surface area contributed by atoms with Crippen LogP contribution in [0.1, 0.15) is 11.1 Å². The van der Waals surface area contributed by atoms with E-state index in [0.717, 1.165) is 23.4 Å². The summed E-state index contributed by atoms with van der Waals surface area (Å²) >= 11 is 1.31. The average molecular weight is 381 g/mol. The molecule has 8 heteroatoms. The zero-order valence-electron chi connectivity index (χ0n) is 14.8. The molecule has 0 fully saturated rings. The quantitative estimate of drug-likeness (QED) is 0.659. The number of ether oxygens (including phenoxy) is 1. The van der Waals surface area contributed by atoms with E-state index in [1.165, 1.54) is 17.3 Å². The van der Waals surface area contributed by atoms with Gasteiger partial charge in [0.15, 0.2) is 0 Å². The standard InChI is InChI=1S/C19H19N5O2S/c1-13-5-4-7-15(9-13)24-19(21-22-23-24)27-12-18(25)20-11-16-10-14-6-2-3-8-17(14)26-16/h2-9,16H,10-12H2,1H3,(H,20,25). The molecule has 0 saturated heterocycles. The topological polar surface area (TPSA) is 81.9 Å². The second-order valence-corrected chi connectivity index (χ2v) is 7.30. The largest absolute Gasteiger partial charge is 0.488 e. The second-order valence-electron chi connectivity index (χ2n) is 6.36. The predicted octanol–water partition coefficient (Wildman–Crippen LogP) is 2.18. The van der Waals surface area contributed by atoms with Crippen molar-refractivity contribution in [3.05, 3.63) is 59.7 Å². The lowest BCUT2D eigenvalue weighted by Crippen LogP contribution is -2.35. The molecule has 1 amide bonds. The van der Waals surface area contributed by atoms with E-state index >= 15 is 0 Å². The van der Waals surface area contributed by atoms with E-state index < -0.39 is 0 Å². The lowest BCUT2D eigenvalue weighted by Gasteiger charge is -2.11. The molecule has 7 nitrogen and oxygen atoms in total. The first-order valence-corrected chi connectivity index (χ1v) is 9.67. The minimum Gasteiger partial charge on any atom is -0.488 e. The summed E-state index contributed by atoms with van der Waals surface area (Å²) in [5.74, 6) is 1.08. The summed E-state index contributed by atoms with van der Waals surface area (Å²) in [6.45, 7) is 2.49. The lowest BCUT2D eigenvalue weighted by atomic mass is 10.1. The molecule has 0 radical (unpaired) electrons. The molecule has 1 unspecified atom stereocenters. The van der Waals surface area contributed by atoms with Crippen molar-refractivity contribution < 1.29 is 9.53 Å². The first-order chi connectivity index (χ1) is 13.2. The number of benzene rings is 2. The van der Waals surface area contributed by atoms with Crippen molar-refractivity contribution in [3.63, 3.8) is 0 Å². The molecule has 1 aliphatic heterocycles. The Morgan fingerprint density at radius 1 is 1.30 bits per heavy atom. The number of aromatic nitrogens is 4. The van der Waals surface area contributed by atoms with Crippen LogP contribution < -0.4 is 10.1 Å². The van der Waals surface area contributed by atoms with Gasteiger partial charge in [-0.2, -0.15) is 4.68 Å². The Kier molecular flexibility index (Phi) is 5.06. The Hall–Kier alpha value is -2.87. The van der Waals surface area contributed by atoms with Crippen LogP contribution in [0.2, 0.25) is 0 Å². The van der Waals surface area contributed by atoms with Crippen LogP contribution in [0.5, 0.6) is 5.75 Å². The molecule has 2 aromatic carbocycles. The molecule has 1 aromatic heterocycles. The smallest absolute Gasteiger partial charge is 0.230 e. The van der Waals surface area contributed by atoms with Crippen LogP contribution >= 0.6 is 11.8 Å². The molecule has 1 N–H and O–H groups in total. The molecule has 1 aliphatic rings. The van der Waals surface area contributed by atoms with Gasteiger partial charge in [-0.25, -0.2) is 0 Å². The van der Waals surface area contributed by atoms with Gasteiger partial charge in [-0.3, -0.25) is 4.79 Å². The third kappa shape index (κ3) is 4.11. The molecule has 3 aromatic rings. The summed E-state index contributed by atoms with van der Waals surface area (Å²) < 4.78 is 7.48. The molecule has 0 aliphatic carbocycles. The lowest BCUT2D eigenvalue weighted by molar-refractivity contribution is -0.118. The zero-order valence-corrected chi connectivity index (χ0v) is 15.6. The number of aryl methyl sites for hydroxylation is 1. The van der Waals surface area contributed by atoms with Crippen molar-refractivity contribution in [2.75, 3.05) is 12.3 Å². The number of para-hydroxylation sites is 1. The number of nitrogens with one attached hydrogen (secondary N) is 1. The first kappa shape index (κ1) is 17.5. The number of nitrogens with zero attached hydrogens (tertiary/aromatic N) is 4. The minimum absolute atomic E-state index is 0.0195. The highest BCUT2D eigenvalue weighted by molar-refractivity contribution is 7.99. The van der Waals surface area contributed by atoms with E-state index in [1.807, 2.05) is 49.4 Å². The fourth-order valence-corrected chi connectivity index (χ4v) is 3.69. The number of hydrogen-bond donors (Lipinski definition) is 1. The minimum atomic E-state index is -0.0710. The Balaban J connectivity index is 1.29. The van der Waals surface area contributed by atoms with Gasteiger partial charge >= 0.3 is 0 Å². The van der Waals surface area contributed by atoms with Crippen LogP contribution in [-0.4, -0.2) is 44.5 Å². The zero-order chi connectivity index (χ0) is 18.6. The van der Waals surface area contributed by atoms with Crippen molar-refractivity contribution in [3.8, 4) is 11.4 Å². The third-order valence-electron chi connectivity index (χ3n) is 4.26. The first-order valence-electron chi connectivity index (χ1n) is 8.68. The van der Waals surface area contributed by atoms with Gasteiger partial charge in [0, 0.05) is 6.42 Å². The van der Waals surface area contributed by atoms with Gasteiger partial charge in [-0.15, -0.1) is 5.10 Å². The number of amides is 1. The Labute approximate surface area is 161 Å². The Bertz CT molecular complexity index is 934. The van der Waals surface area contributed by atoms with Gasteiger partial charge in [0.25, 0.3) is 0 Å². The van der Waals surface area contributed by atoms with Crippen LogP contribution in [0.15, 0.2) is 53.7 Å². The molecule has 0 saturated carbocycles. The van der Waals surface area contributed by atoms with E-state index in [9.17, 15) is 4.79 Å². The summed E-state index contributed by atoms with van der Waals surface area (Å²) in [4.78, 5) is 12.2. The van der Waals surface area contributed by atoms with Crippen molar-refractivity contribution >= 4 is 17.7 Å². The van der Waals surface area contributed by atoms with E-state index in [1.54, 1.807) is 4.68 Å². The highest BCUT2D eigenvalue weighted by Crippen LogP contribution is 2.27. The normalized spacial score (nSPS) is 15.2. The number of tetrazole rings is 1. The molecular weight excluding hydrogens is 362 g/mol. The SMILES string of the molecule is Cc1cccc(-n2nnnc2SCC(=O)NCC2Cc3ccccc3O2)c1. The second kappa shape index (κ2) is 7.79. The summed E-state index contributed by atoms with van der Waals surface area (Å²) in [6.07, 6.45) is 0.795. The molecule has 4 rings (SSSR count). The fourth-order valence-electron chi connectivity index (χ4n) is 2.97. The summed E-state index contributed by atoms with van der Waals surface area (Å²) in [5.41, 5.74) is 3.18. The molecule has 1 atom stereocenters. The van der Waals surface area contributed by atoms with E-state index in [0.29, 0.717) is 11.7 Å². The van der Waals surface area contributed by atoms with Crippen molar-refractivity contribution in [2.24, 2.45) is 0 Å². The van der Waals surface area contributed by atoms with Gasteiger partial charge in [0.05, 0.1) is 18.0 Å². The summed E-state index contributed by atoms with van der Waals surface area (Å²) in [6, 6.07) is 15.9. The molecule has 2 heterocycles. The predicted molar refractivity (Wildman–Crippen MR) is 102 cm³/mol.